The number of nitrogens with zero attached hydrogens (tertiary/aromatic N) is 3. The van der Waals surface area contributed by atoms with E-state index in [1.165, 1.54) is 16.2 Å². The Morgan fingerprint density at radius 2 is 2.10 bits per heavy atom. The monoisotopic (exact) mass is 440 g/mol. The number of para-hydroxylation sites is 1. The van der Waals surface area contributed by atoms with Crippen LogP contribution < -0.4 is 10.2 Å². The van der Waals surface area contributed by atoms with Crippen molar-refractivity contribution in [3.63, 3.8) is 0 Å². The van der Waals surface area contributed by atoms with Gasteiger partial charge in [0.15, 0.2) is 5.13 Å². The van der Waals surface area contributed by atoms with Crippen LogP contribution in [0.15, 0.2) is 36.9 Å². The number of nitrogens with one attached hydrogen (secondary N) is 1. The van der Waals surface area contributed by atoms with Gasteiger partial charge >= 0.3 is 6.03 Å². The van der Waals surface area contributed by atoms with Gasteiger partial charge < -0.3 is 5.32 Å². The van der Waals surface area contributed by atoms with Crippen molar-refractivity contribution in [2.45, 2.75) is 45.6 Å². The second-order valence-electron chi connectivity index (χ2n) is 9.52. The van der Waals surface area contributed by atoms with E-state index in [9.17, 15) is 14.4 Å². The molecule has 1 aromatic carbocycles. The van der Waals surface area contributed by atoms with Crippen LogP contribution in [-0.2, 0) is 9.59 Å². The van der Waals surface area contributed by atoms with Gasteiger partial charge in [-0.25, -0.2) is 9.78 Å². The lowest BCUT2D eigenvalue weighted by atomic mass is 9.64. The average molecular weight is 441 g/mol. The maximum absolute atomic E-state index is 13.4. The summed E-state index contributed by atoms with van der Waals surface area (Å²) >= 11 is 1.40. The van der Waals surface area contributed by atoms with Gasteiger partial charge in [-0.05, 0) is 42.7 Å². The molecule has 2 atom stereocenters. The zero-order valence-electron chi connectivity index (χ0n) is 18.2. The summed E-state index contributed by atoms with van der Waals surface area (Å²) in [6.45, 7) is 10.0. The van der Waals surface area contributed by atoms with Crippen molar-refractivity contribution in [3.8, 4) is 0 Å². The molecule has 2 aliphatic rings. The molecule has 164 valence electrons. The van der Waals surface area contributed by atoms with E-state index in [0.29, 0.717) is 23.9 Å². The lowest BCUT2D eigenvalue weighted by Gasteiger charge is -2.43. The highest BCUT2D eigenvalue weighted by atomic mass is 32.1. The third kappa shape index (κ3) is 3.96. The number of urea groups is 1. The number of hydrogen-bond acceptors (Lipinski definition) is 5. The first-order valence-corrected chi connectivity index (χ1v) is 11.4. The van der Waals surface area contributed by atoms with E-state index in [0.717, 1.165) is 21.5 Å². The van der Waals surface area contributed by atoms with Crippen LogP contribution in [0.1, 0.15) is 40.0 Å². The van der Waals surface area contributed by atoms with Crippen molar-refractivity contribution in [2.24, 2.45) is 11.3 Å². The van der Waals surface area contributed by atoms with Crippen molar-refractivity contribution in [1.82, 2.24) is 15.2 Å². The summed E-state index contributed by atoms with van der Waals surface area (Å²) in [5.74, 6) is -0.348. The quantitative estimate of drug-likeness (QED) is 0.564. The second kappa shape index (κ2) is 7.75. The Kier molecular flexibility index (Phi) is 5.37. The van der Waals surface area contributed by atoms with Gasteiger partial charge in [0.2, 0.25) is 5.91 Å². The Hall–Kier alpha value is -2.74. The predicted octanol–water partition coefficient (Wildman–Crippen LogP) is 3.95. The van der Waals surface area contributed by atoms with Crippen LogP contribution in [0.5, 0.6) is 0 Å². The van der Waals surface area contributed by atoms with Gasteiger partial charge in [-0.15, -0.1) is 6.58 Å². The van der Waals surface area contributed by atoms with E-state index >= 15 is 0 Å². The number of aromatic nitrogens is 1. The fourth-order valence-electron chi connectivity index (χ4n) is 5.26. The summed E-state index contributed by atoms with van der Waals surface area (Å²) in [7, 11) is 0. The highest BCUT2D eigenvalue weighted by Crippen LogP contribution is 2.46. The Balaban J connectivity index is 1.57. The van der Waals surface area contributed by atoms with Gasteiger partial charge in [-0.1, -0.05) is 50.3 Å². The fraction of sp³-hybridized carbons (Fsp3) is 0.478. The van der Waals surface area contributed by atoms with Crippen molar-refractivity contribution < 1.29 is 14.4 Å². The number of benzene rings is 1. The smallest absolute Gasteiger partial charge is 0.323 e. The number of thiazole rings is 1. The predicted molar refractivity (Wildman–Crippen MR) is 122 cm³/mol. The number of carbonyl (C=O) groups excluding carboxylic acids is 3. The molecule has 1 N–H and O–H groups in total. The summed E-state index contributed by atoms with van der Waals surface area (Å²) in [6, 6.07) is 7.15. The van der Waals surface area contributed by atoms with E-state index in [-0.39, 0.29) is 30.3 Å². The third-order valence-corrected chi connectivity index (χ3v) is 7.10. The molecule has 0 unspecified atom stereocenters. The van der Waals surface area contributed by atoms with Gasteiger partial charge in [0.25, 0.3) is 5.91 Å². The van der Waals surface area contributed by atoms with Crippen LogP contribution in [0.4, 0.5) is 9.93 Å². The number of amides is 4. The van der Waals surface area contributed by atoms with E-state index in [1.54, 1.807) is 6.08 Å². The number of fused-ring (bicyclic) bond motifs is 1. The zero-order chi connectivity index (χ0) is 22.4. The molecule has 0 radical (unpaired) electrons. The van der Waals surface area contributed by atoms with E-state index in [2.05, 4.69) is 37.7 Å². The van der Waals surface area contributed by atoms with Gasteiger partial charge in [-0.2, -0.15) is 0 Å². The molecule has 4 amide bonds. The standard InChI is InChI=1S/C23H28N4O3S/c1-5-10-26(21-24-16-8-6-7-9-17(16)31-21)18(28)13-27-19(29)23(25-20(27)30)12-15(2)11-22(3,4)14-23/h5-9,15H,1,10-14H2,2-4H3,(H,25,30)/t15-,23+/m0/s1. The first-order chi connectivity index (χ1) is 14.6. The maximum Gasteiger partial charge on any atom is 0.325 e. The molecule has 31 heavy (non-hydrogen) atoms. The van der Waals surface area contributed by atoms with Gasteiger partial charge in [0.1, 0.15) is 12.1 Å². The largest absolute Gasteiger partial charge is 0.325 e. The van der Waals surface area contributed by atoms with Crippen molar-refractivity contribution in [1.29, 1.82) is 0 Å². The molecule has 1 aromatic heterocycles. The molecule has 1 saturated carbocycles. The Morgan fingerprint density at radius 3 is 2.77 bits per heavy atom. The topological polar surface area (TPSA) is 82.6 Å². The minimum absolute atomic E-state index is 0.0590. The molecule has 2 fully saturated rings. The maximum atomic E-state index is 13.4. The Bertz CT molecular complexity index is 1030. The fourth-order valence-corrected chi connectivity index (χ4v) is 6.25. The van der Waals surface area contributed by atoms with Gasteiger partial charge in [0.05, 0.1) is 10.2 Å². The third-order valence-electron chi connectivity index (χ3n) is 6.04. The molecule has 1 aliphatic carbocycles. The number of hydrogen-bond donors (Lipinski definition) is 1. The lowest BCUT2D eigenvalue weighted by molar-refractivity contribution is -0.137. The zero-order valence-corrected chi connectivity index (χ0v) is 19.0. The number of imide groups is 1. The number of rotatable bonds is 5. The summed E-state index contributed by atoms with van der Waals surface area (Å²) in [5, 5.41) is 3.45. The molecule has 2 aromatic rings. The molecule has 4 rings (SSSR count). The SMILES string of the molecule is C=CCN(C(=O)CN1C(=O)N[C@@]2(C[C@@H](C)CC(C)(C)C2)C1=O)c1nc2ccccc2s1. The van der Waals surface area contributed by atoms with E-state index in [4.69, 9.17) is 0 Å². The highest BCUT2D eigenvalue weighted by molar-refractivity contribution is 7.22. The first-order valence-electron chi connectivity index (χ1n) is 10.6. The van der Waals surface area contributed by atoms with E-state index in [1.807, 2.05) is 24.3 Å². The van der Waals surface area contributed by atoms with Crippen molar-refractivity contribution in [3.05, 3.63) is 36.9 Å². The molecule has 2 heterocycles. The molecule has 1 spiro atoms. The summed E-state index contributed by atoms with van der Waals surface area (Å²) in [6.07, 6.45) is 3.79. The van der Waals surface area contributed by atoms with Crippen LogP contribution in [0, 0.1) is 11.3 Å². The van der Waals surface area contributed by atoms with Crippen molar-refractivity contribution in [2.75, 3.05) is 18.0 Å². The number of anilines is 1. The van der Waals surface area contributed by atoms with Crippen LogP contribution in [-0.4, -0.2) is 46.4 Å². The van der Waals surface area contributed by atoms with Crippen LogP contribution in [0.25, 0.3) is 10.2 Å². The molecule has 7 nitrogen and oxygen atoms in total. The second-order valence-corrected chi connectivity index (χ2v) is 10.5. The molecule has 0 bridgehead atoms. The summed E-state index contributed by atoms with van der Waals surface area (Å²) < 4.78 is 0.965. The van der Waals surface area contributed by atoms with Crippen molar-refractivity contribution >= 4 is 44.5 Å². The molecular formula is C23H28N4O3S. The minimum atomic E-state index is -0.919. The summed E-state index contributed by atoms with van der Waals surface area (Å²) in [5.41, 5.74) is -0.175. The normalized spacial score (nSPS) is 25.1. The molecule has 8 heteroatoms. The van der Waals surface area contributed by atoms with E-state index < -0.39 is 11.6 Å². The minimum Gasteiger partial charge on any atom is -0.323 e. The Morgan fingerprint density at radius 1 is 1.35 bits per heavy atom. The highest BCUT2D eigenvalue weighted by Gasteiger charge is 2.56. The number of carbonyl (C=O) groups is 3. The van der Waals surface area contributed by atoms with Crippen LogP contribution in [0.2, 0.25) is 0 Å². The van der Waals surface area contributed by atoms with Gasteiger partial charge in [-0.3, -0.25) is 19.4 Å². The van der Waals surface area contributed by atoms with Crippen LogP contribution >= 0.6 is 11.3 Å². The van der Waals surface area contributed by atoms with Gasteiger partial charge in [0, 0.05) is 6.54 Å². The summed E-state index contributed by atoms with van der Waals surface area (Å²) in [4.78, 5) is 46.4. The average Bonchev–Trinajstić information content (AvgIpc) is 3.19. The Labute approximate surface area is 186 Å². The lowest BCUT2D eigenvalue weighted by Crippen LogP contribution is -2.54. The molecule has 1 aliphatic heterocycles. The van der Waals surface area contributed by atoms with Crippen LogP contribution in [0.3, 0.4) is 0 Å². The molecular weight excluding hydrogens is 412 g/mol. The first kappa shape index (κ1) is 21.5. The molecule has 1 saturated heterocycles.